The second-order valence-corrected chi connectivity index (χ2v) is 6.65. The van der Waals surface area contributed by atoms with Crippen LogP contribution in [0.3, 0.4) is 0 Å². The van der Waals surface area contributed by atoms with Gasteiger partial charge in [0.05, 0.1) is 42.0 Å². The molecule has 1 aliphatic carbocycles. The summed E-state index contributed by atoms with van der Waals surface area (Å²) in [5, 5.41) is 7.71. The molecule has 4 rings (SSSR count). The number of hydrogen-bond donors (Lipinski definition) is 0. The number of carbonyl (C=O) groups is 1. The third-order valence-corrected chi connectivity index (χ3v) is 4.71. The van der Waals surface area contributed by atoms with Crippen molar-refractivity contribution < 1.29 is 9.53 Å². The van der Waals surface area contributed by atoms with Gasteiger partial charge in [0.25, 0.3) is 5.91 Å². The molecule has 3 heterocycles. The molecule has 2 aromatic rings. The van der Waals surface area contributed by atoms with E-state index in [1.165, 1.54) is 0 Å². The Bertz CT molecular complexity index is 757. The highest BCUT2D eigenvalue weighted by molar-refractivity contribution is 6.06. The molecule has 0 aromatic carbocycles. The quantitative estimate of drug-likeness (QED) is 0.831. The molecule has 0 bridgehead atoms. The van der Waals surface area contributed by atoms with Gasteiger partial charge in [-0.2, -0.15) is 10.2 Å². The molecular weight excluding hydrogens is 318 g/mol. The number of hydrogen-bond acceptors (Lipinski definition) is 6. The molecule has 7 heteroatoms. The summed E-state index contributed by atoms with van der Waals surface area (Å²) >= 11 is 0. The van der Waals surface area contributed by atoms with Crippen LogP contribution in [0.1, 0.15) is 53.5 Å². The van der Waals surface area contributed by atoms with Gasteiger partial charge in [-0.3, -0.25) is 4.79 Å². The van der Waals surface area contributed by atoms with Crippen molar-refractivity contribution in [3.05, 3.63) is 41.7 Å². The summed E-state index contributed by atoms with van der Waals surface area (Å²) in [6.45, 7) is 3.11. The van der Waals surface area contributed by atoms with E-state index >= 15 is 0 Å². The van der Waals surface area contributed by atoms with E-state index in [2.05, 4.69) is 20.2 Å². The maximum Gasteiger partial charge on any atom is 0.261 e. The Morgan fingerprint density at radius 1 is 1.28 bits per heavy atom. The number of aryl methyl sites for hydroxylation is 1. The lowest BCUT2D eigenvalue weighted by Gasteiger charge is -2.25. The van der Waals surface area contributed by atoms with Gasteiger partial charge in [0, 0.05) is 18.7 Å². The van der Waals surface area contributed by atoms with Crippen molar-refractivity contribution in [1.29, 1.82) is 0 Å². The number of carbonyl (C=O) groups excluding carboxylic acids is 1. The molecular formula is C18H21N5O2. The van der Waals surface area contributed by atoms with Crippen LogP contribution in [0.4, 0.5) is 5.69 Å². The van der Waals surface area contributed by atoms with E-state index in [0.29, 0.717) is 23.7 Å². The minimum Gasteiger partial charge on any atom is -0.376 e. The lowest BCUT2D eigenvalue weighted by atomic mass is 10.1. The Morgan fingerprint density at radius 3 is 2.80 bits per heavy atom. The van der Waals surface area contributed by atoms with E-state index in [1.807, 2.05) is 6.92 Å². The van der Waals surface area contributed by atoms with Crippen molar-refractivity contribution in [1.82, 2.24) is 20.2 Å². The molecule has 2 aliphatic rings. The number of amides is 1. The van der Waals surface area contributed by atoms with E-state index in [1.54, 1.807) is 29.6 Å². The molecule has 1 saturated carbocycles. The van der Waals surface area contributed by atoms with Crippen LogP contribution >= 0.6 is 0 Å². The Balaban J connectivity index is 1.62. The van der Waals surface area contributed by atoms with Crippen molar-refractivity contribution >= 4 is 11.6 Å². The van der Waals surface area contributed by atoms with E-state index in [-0.39, 0.29) is 12.0 Å². The fourth-order valence-electron chi connectivity index (χ4n) is 3.12. The predicted molar refractivity (Wildman–Crippen MR) is 91.4 cm³/mol. The molecule has 1 aliphatic heterocycles. The first-order valence-electron chi connectivity index (χ1n) is 8.76. The molecule has 1 amide bonds. The zero-order chi connectivity index (χ0) is 17.2. The van der Waals surface area contributed by atoms with Crippen LogP contribution < -0.4 is 4.90 Å². The summed E-state index contributed by atoms with van der Waals surface area (Å²) in [6.07, 6.45) is 9.16. The molecule has 1 saturated heterocycles. The predicted octanol–water partition coefficient (Wildman–Crippen LogP) is 2.28. The largest absolute Gasteiger partial charge is 0.376 e. The van der Waals surface area contributed by atoms with Crippen LogP contribution in [-0.4, -0.2) is 45.3 Å². The van der Waals surface area contributed by atoms with Gasteiger partial charge in [-0.15, -0.1) is 0 Å². The first-order valence-corrected chi connectivity index (χ1v) is 8.76. The van der Waals surface area contributed by atoms with Crippen LogP contribution in [-0.2, 0) is 4.74 Å². The van der Waals surface area contributed by atoms with Gasteiger partial charge in [0.15, 0.2) is 0 Å². The maximum absolute atomic E-state index is 13.2. The number of nitrogens with zero attached hydrogens (tertiary/aromatic N) is 5. The lowest BCUT2D eigenvalue weighted by Crippen LogP contribution is -2.38. The number of anilines is 1. The minimum absolute atomic E-state index is 0.0454. The molecule has 130 valence electrons. The third kappa shape index (κ3) is 3.51. The zero-order valence-corrected chi connectivity index (χ0v) is 14.3. The molecule has 7 nitrogen and oxygen atoms in total. The van der Waals surface area contributed by atoms with Crippen molar-refractivity contribution in [2.75, 3.05) is 18.1 Å². The Morgan fingerprint density at radius 2 is 2.16 bits per heavy atom. The summed E-state index contributed by atoms with van der Waals surface area (Å²) in [7, 11) is 0. The van der Waals surface area contributed by atoms with Crippen molar-refractivity contribution in [3.63, 3.8) is 0 Å². The fraction of sp³-hybridized carbons (Fsp3) is 0.500. The molecule has 1 atom stereocenters. The fourth-order valence-corrected chi connectivity index (χ4v) is 3.12. The molecule has 0 spiro atoms. The normalized spacial score (nSPS) is 19.8. The second kappa shape index (κ2) is 6.84. The van der Waals surface area contributed by atoms with Gasteiger partial charge in [-0.1, -0.05) is 0 Å². The van der Waals surface area contributed by atoms with Gasteiger partial charge in [0.2, 0.25) is 0 Å². The Kier molecular flexibility index (Phi) is 4.40. The smallest absolute Gasteiger partial charge is 0.261 e. The molecule has 25 heavy (non-hydrogen) atoms. The van der Waals surface area contributed by atoms with E-state index < -0.39 is 0 Å². The van der Waals surface area contributed by atoms with Crippen molar-refractivity contribution in [2.45, 2.75) is 44.6 Å². The Labute approximate surface area is 146 Å². The van der Waals surface area contributed by atoms with Crippen LogP contribution in [0.15, 0.2) is 24.7 Å². The number of aromatic nitrogens is 4. The number of ether oxygens (including phenoxy) is 1. The molecule has 2 fully saturated rings. The molecule has 2 aromatic heterocycles. The van der Waals surface area contributed by atoms with Crippen LogP contribution in [0, 0.1) is 6.92 Å². The summed E-state index contributed by atoms with van der Waals surface area (Å²) in [4.78, 5) is 23.9. The van der Waals surface area contributed by atoms with Crippen LogP contribution in [0.25, 0.3) is 0 Å². The highest BCUT2D eigenvalue weighted by Gasteiger charge is 2.29. The first-order chi connectivity index (χ1) is 12.2. The second-order valence-electron chi connectivity index (χ2n) is 6.65. The summed E-state index contributed by atoms with van der Waals surface area (Å²) in [5.41, 5.74) is 1.96. The standard InChI is InChI=1S/C18H21N5O2/c1-12-16(10-19-17(22-12)13-4-5-13)18(24)23(11-15-3-2-8-25-15)14-6-7-20-21-9-14/h6-7,9-10,13,15H,2-5,8,11H2,1H3. The number of rotatable bonds is 5. The van der Waals surface area contributed by atoms with Crippen molar-refractivity contribution in [3.8, 4) is 0 Å². The SMILES string of the molecule is Cc1nc(C2CC2)ncc1C(=O)N(CC1CCCO1)c1ccnnc1. The summed E-state index contributed by atoms with van der Waals surface area (Å²) in [6, 6.07) is 1.79. The summed E-state index contributed by atoms with van der Waals surface area (Å²) < 4.78 is 5.72. The van der Waals surface area contributed by atoms with Gasteiger partial charge in [-0.25, -0.2) is 9.97 Å². The van der Waals surface area contributed by atoms with E-state index in [0.717, 1.165) is 43.8 Å². The van der Waals surface area contributed by atoms with Gasteiger partial charge in [-0.05, 0) is 38.7 Å². The first kappa shape index (κ1) is 16.1. The van der Waals surface area contributed by atoms with Crippen LogP contribution in [0.5, 0.6) is 0 Å². The van der Waals surface area contributed by atoms with Crippen LogP contribution in [0.2, 0.25) is 0 Å². The van der Waals surface area contributed by atoms with Crippen molar-refractivity contribution in [2.24, 2.45) is 0 Å². The van der Waals surface area contributed by atoms with E-state index in [4.69, 9.17) is 4.74 Å². The topological polar surface area (TPSA) is 81.1 Å². The minimum atomic E-state index is -0.122. The molecule has 0 radical (unpaired) electrons. The average Bonchev–Trinajstić information content (AvgIpc) is 3.36. The highest BCUT2D eigenvalue weighted by atomic mass is 16.5. The Hall–Kier alpha value is -2.41. The average molecular weight is 339 g/mol. The van der Waals surface area contributed by atoms with Gasteiger partial charge in [0.1, 0.15) is 5.82 Å². The summed E-state index contributed by atoms with van der Waals surface area (Å²) in [5.74, 6) is 1.20. The third-order valence-electron chi connectivity index (χ3n) is 4.71. The maximum atomic E-state index is 13.2. The van der Waals surface area contributed by atoms with E-state index in [9.17, 15) is 4.79 Å². The monoisotopic (exact) mass is 339 g/mol. The molecule has 1 unspecified atom stereocenters. The lowest BCUT2D eigenvalue weighted by molar-refractivity contribution is 0.0916. The zero-order valence-electron chi connectivity index (χ0n) is 14.3. The van der Waals surface area contributed by atoms with Gasteiger partial charge < -0.3 is 9.64 Å². The van der Waals surface area contributed by atoms with Gasteiger partial charge >= 0.3 is 0 Å². The highest BCUT2D eigenvalue weighted by Crippen LogP contribution is 2.38. The molecule has 0 N–H and O–H groups in total.